The van der Waals surface area contributed by atoms with Crippen LogP contribution in [0.15, 0.2) is 72.8 Å². The van der Waals surface area contributed by atoms with Crippen molar-refractivity contribution in [1.29, 1.82) is 0 Å². The third-order valence-electron chi connectivity index (χ3n) is 4.02. The number of methoxy groups -OCH3 is 1. The summed E-state index contributed by atoms with van der Waals surface area (Å²) in [6.45, 7) is 0.217. The molecule has 0 spiro atoms. The molecule has 0 aromatic heterocycles. The topological polar surface area (TPSA) is 63.2 Å². The first-order valence-corrected chi connectivity index (χ1v) is 10.1. The fraction of sp³-hybridized carbons (Fsp3) is 0.136. The number of benzene rings is 3. The van der Waals surface area contributed by atoms with Crippen molar-refractivity contribution in [2.45, 2.75) is 6.42 Å². The average Bonchev–Trinajstić information content (AvgIpc) is 2.78. The first-order chi connectivity index (χ1) is 15.0. The number of halogens is 2. The van der Waals surface area contributed by atoms with Crippen molar-refractivity contribution in [2.24, 2.45) is 0 Å². The molecule has 160 valence electrons. The van der Waals surface area contributed by atoms with E-state index >= 15 is 0 Å². The van der Waals surface area contributed by atoms with Gasteiger partial charge in [0.05, 0.1) is 13.7 Å². The third kappa shape index (κ3) is 7.62. The predicted molar refractivity (Wildman–Crippen MR) is 119 cm³/mol. The predicted octanol–water partition coefficient (Wildman–Crippen LogP) is 5.84. The first kappa shape index (κ1) is 22.7. The van der Waals surface area contributed by atoms with Gasteiger partial charge in [-0.3, -0.25) is 0 Å². The van der Waals surface area contributed by atoms with Crippen LogP contribution in [-0.2, 0) is 15.9 Å². The smallest absolute Gasteiger partial charge is 0.490 e. The molecule has 0 radical (unpaired) electrons. The number of hydrogen-bond acceptors (Lipinski definition) is 6. The second-order valence-corrected chi connectivity index (χ2v) is 7.12. The Balaban J connectivity index is 1.66. The largest absolute Gasteiger partial charge is 0.864 e. The van der Waals surface area contributed by atoms with Gasteiger partial charge in [0, 0.05) is 16.5 Å². The lowest BCUT2D eigenvalue weighted by Crippen LogP contribution is -2.36. The van der Waals surface area contributed by atoms with Crippen LogP contribution in [0.4, 0.5) is 4.79 Å². The summed E-state index contributed by atoms with van der Waals surface area (Å²) in [5.74, 6) is 1.59. The lowest BCUT2D eigenvalue weighted by molar-refractivity contribution is 0.0736. The highest BCUT2D eigenvalue weighted by atomic mass is 35.5. The van der Waals surface area contributed by atoms with Crippen LogP contribution in [-0.4, -0.2) is 27.2 Å². The molecule has 0 aliphatic carbocycles. The first-order valence-electron chi connectivity index (χ1n) is 9.32. The number of carbonyl (C=O) groups is 1. The molecule has 6 nitrogen and oxygen atoms in total. The van der Waals surface area contributed by atoms with Crippen molar-refractivity contribution in [3.8, 4) is 17.2 Å². The Morgan fingerprint density at radius 1 is 0.742 bits per heavy atom. The van der Waals surface area contributed by atoms with Crippen LogP contribution in [0.2, 0.25) is 10.0 Å². The fourth-order valence-electron chi connectivity index (χ4n) is 2.48. The van der Waals surface area contributed by atoms with E-state index in [-0.39, 0.29) is 6.61 Å². The zero-order valence-corrected chi connectivity index (χ0v) is 18.1. The highest BCUT2D eigenvalue weighted by Crippen LogP contribution is 2.21. The molecule has 0 heterocycles. The number of hydrogen-bond donors (Lipinski definition) is 0. The minimum atomic E-state index is -1.06. The summed E-state index contributed by atoms with van der Waals surface area (Å²) >= 11 is 11.9. The summed E-state index contributed by atoms with van der Waals surface area (Å²) in [5, 5.41) is 1.19. The van der Waals surface area contributed by atoms with Crippen molar-refractivity contribution in [1.82, 2.24) is 0 Å². The molecular formula is C22H19BCl2O6. The third-order valence-corrected chi connectivity index (χ3v) is 4.53. The Kier molecular flexibility index (Phi) is 8.32. The number of carbonyl (C=O) groups excluding carboxylic acids is 1. The van der Waals surface area contributed by atoms with E-state index in [1.54, 1.807) is 60.7 Å². The molecule has 0 fully saturated rings. The fourth-order valence-corrected chi connectivity index (χ4v) is 2.73. The maximum absolute atomic E-state index is 11.0. The van der Waals surface area contributed by atoms with Gasteiger partial charge in [-0.25, -0.2) is 4.79 Å². The zero-order valence-electron chi connectivity index (χ0n) is 16.6. The van der Waals surface area contributed by atoms with E-state index < -0.39 is 13.5 Å². The quantitative estimate of drug-likeness (QED) is 0.295. The van der Waals surface area contributed by atoms with Crippen molar-refractivity contribution in [2.75, 3.05) is 13.7 Å². The van der Waals surface area contributed by atoms with Crippen LogP contribution in [0, 0.1) is 0 Å². The Labute approximate surface area is 190 Å². The molecule has 0 bridgehead atoms. The highest BCUT2D eigenvalue weighted by Gasteiger charge is 2.30. The van der Waals surface area contributed by atoms with E-state index in [0.29, 0.717) is 33.7 Å². The molecule has 0 amide bonds. The van der Waals surface area contributed by atoms with Gasteiger partial charge in [-0.1, -0.05) is 35.3 Å². The Morgan fingerprint density at radius 3 is 1.58 bits per heavy atom. The summed E-state index contributed by atoms with van der Waals surface area (Å²) in [6.07, 6.45) is -0.164. The summed E-state index contributed by atoms with van der Waals surface area (Å²) in [6, 6.07) is 21.0. The minimum absolute atomic E-state index is 0.217. The molecular weight excluding hydrogens is 442 g/mol. The average molecular weight is 461 g/mol. The van der Waals surface area contributed by atoms with E-state index in [2.05, 4.69) is 4.74 Å². The van der Waals surface area contributed by atoms with Gasteiger partial charge in [-0.2, -0.15) is 0 Å². The van der Waals surface area contributed by atoms with E-state index in [0.717, 1.165) is 5.56 Å². The van der Waals surface area contributed by atoms with Gasteiger partial charge in [0.1, 0.15) is 17.2 Å². The number of ether oxygens (including phenoxy) is 2. The van der Waals surface area contributed by atoms with Crippen molar-refractivity contribution >= 4 is 36.7 Å². The van der Waals surface area contributed by atoms with Crippen molar-refractivity contribution in [3.05, 3.63) is 88.4 Å². The summed E-state index contributed by atoms with van der Waals surface area (Å²) in [7, 11) is 0.208. The maximum atomic E-state index is 11.0. The Morgan fingerprint density at radius 2 is 1.16 bits per heavy atom. The molecule has 9 heteroatoms. The van der Waals surface area contributed by atoms with Gasteiger partial charge in [0.2, 0.25) is 0 Å². The van der Waals surface area contributed by atoms with Crippen LogP contribution in [0.5, 0.6) is 17.2 Å². The van der Waals surface area contributed by atoms with Gasteiger partial charge in [-0.15, -0.1) is 0 Å². The minimum Gasteiger partial charge on any atom is -0.490 e. The van der Waals surface area contributed by atoms with Crippen molar-refractivity contribution in [3.63, 3.8) is 0 Å². The summed E-state index contributed by atoms with van der Waals surface area (Å²) in [5.41, 5.74) is 0.963. The summed E-state index contributed by atoms with van der Waals surface area (Å²) < 4.78 is 26.9. The molecule has 3 rings (SSSR count). The monoisotopic (exact) mass is 460 g/mol. The Bertz CT molecular complexity index is 917. The molecule has 31 heavy (non-hydrogen) atoms. The maximum Gasteiger partial charge on any atom is 0.864 e. The SMILES string of the molecule is COC(=O)OCCc1ccc(OB(Oc2ccc(Cl)cc2)Oc2ccc(Cl)cc2)cc1. The van der Waals surface area contributed by atoms with Gasteiger partial charge in [0.25, 0.3) is 0 Å². The molecule has 3 aromatic carbocycles. The van der Waals surface area contributed by atoms with Crippen LogP contribution in [0.3, 0.4) is 0 Å². The van der Waals surface area contributed by atoms with Crippen LogP contribution in [0.1, 0.15) is 5.56 Å². The molecule has 0 atom stereocenters. The molecule has 0 N–H and O–H groups in total. The normalized spacial score (nSPS) is 10.2. The van der Waals surface area contributed by atoms with Gasteiger partial charge in [0.15, 0.2) is 0 Å². The standard InChI is InChI=1S/C22H19BCl2O6/c1-27-22(26)28-15-14-16-2-8-19(9-3-16)29-23(30-20-10-4-17(24)5-11-20)31-21-12-6-18(25)7-13-21/h2-13H,14-15H2,1H3. The molecule has 0 saturated carbocycles. The molecule has 0 unspecified atom stereocenters. The van der Waals surface area contributed by atoms with Gasteiger partial charge in [-0.05, 0) is 66.2 Å². The second kappa shape index (κ2) is 11.4. The van der Waals surface area contributed by atoms with Crippen molar-refractivity contribution < 1.29 is 28.2 Å². The molecule has 0 aliphatic heterocycles. The molecule has 3 aromatic rings. The summed E-state index contributed by atoms with van der Waals surface area (Å²) in [4.78, 5) is 11.0. The van der Waals surface area contributed by atoms with Crippen LogP contribution < -0.4 is 14.0 Å². The highest BCUT2D eigenvalue weighted by molar-refractivity contribution is 6.39. The molecule has 0 aliphatic rings. The van der Waals surface area contributed by atoms with E-state index in [1.165, 1.54) is 7.11 Å². The van der Waals surface area contributed by atoms with E-state index in [1.807, 2.05) is 12.1 Å². The zero-order chi connectivity index (χ0) is 22.1. The van der Waals surface area contributed by atoms with E-state index in [4.69, 9.17) is 41.9 Å². The second-order valence-electron chi connectivity index (χ2n) is 6.25. The lowest BCUT2D eigenvalue weighted by Gasteiger charge is -2.17. The van der Waals surface area contributed by atoms with Crippen LogP contribution >= 0.6 is 23.2 Å². The van der Waals surface area contributed by atoms with Gasteiger partial charge < -0.3 is 23.4 Å². The number of rotatable bonds is 9. The Hall–Kier alpha value is -3.03. The van der Waals surface area contributed by atoms with Crippen LogP contribution in [0.25, 0.3) is 0 Å². The van der Waals surface area contributed by atoms with E-state index in [9.17, 15) is 4.79 Å². The lowest BCUT2D eigenvalue weighted by atomic mass is 10.1. The van der Waals surface area contributed by atoms with Gasteiger partial charge >= 0.3 is 13.5 Å². The molecule has 0 saturated heterocycles.